The monoisotopic (exact) mass is 279 g/mol. The standard InChI is InChI=1S/C15H22FN3O/c1-10-5-11(2)9-19(8-10)12-3-4-14(13(16)6-12)18-15(20)7-17/h3-4,6,10-11H,5,7-9,17H2,1-2H3,(H,18,20). The van der Waals surface area contributed by atoms with E-state index in [0.717, 1.165) is 18.8 Å². The van der Waals surface area contributed by atoms with Crippen LogP contribution in [0.5, 0.6) is 0 Å². The summed E-state index contributed by atoms with van der Waals surface area (Å²) in [6, 6.07) is 4.93. The van der Waals surface area contributed by atoms with E-state index < -0.39 is 11.7 Å². The van der Waals surface area contributed by atoms with Crippen LogP contribution in [0.4, 0.5) is 15.8 Å². The van der Waals surface area contributed by atoms with Gasteiger partial charge >= 0.3 is 0 Å². The lowest BCUT2D eigenvalue weighted by atomic mass is 9.91. The van der Waals surface area contributed by atoms with Crippen molar-refractivity contribution >= 4 is 17.3 Å². The van der Waals surface area contributed by atoms with E-state index in [0.29, 0.717) is 11.8 Å². The van der Waals surface area contributed by atoms with Gasteiger partial charge in [0.1, 0.15) is 5.82 Å². The molecule has 1 aromatic rings. The predicted molar refractivity (Wildman–Crippen MR) is 79.2 cm³/mol. The van der Waals surface area contributed by atoms with Crippen molar-refractivity contribution in [2.75, 3.05) is 29.9 Å². The topological polar surface area (TPSA) is 58.4 Å². The van der Waals surface area contributed by atoms with Crippen molar-refractivity contribution in [2.45, 2.75) is 20.3 Å². The molecule has 0 bridgehead atoms. The number of hydrogen-bond acceptors (Lipinski definition) is 3. The first-order chi connectivity index (χ1) is 9.49. The summed E-state index contributed by atoms with van der Waals surface area (Å²) in [5.74, 6) is 0.406. The van der Waals surface area contributed by atoms with Crippen molar-refractivity contribution in [3.05, 3.63) is 24.0 Å². The molecule has 1 saturated heterocycles. The number of halogens is 1. The summed E-state index contributed by atoms with van der Waals surface area (Å²) < 4.78 is 14.0. The van der Waals surface area contributed by atoms with Gasteiger partial charge in [-0.15, -0.1) is 0 Å². The molecule has 1 aliphatic rings. The summed E-state index contributed by atoms with van der Waals surface area (Å²) in [7, 11) is 0. The second-order valence-corrected chi connectivity index (χ2v) is 5.77. The van der Waals surface area contributed by atoms with Gasteiger partial charge in [0, 0.05) is 18.8 Å². The predicted octanol–water partition coefficient (Wildman–Crippen LogP) is 2.21. The quantitative estimate of drug-likeness (QED) is 0.892. The minimum absolute atomic E-state index is 0.150. The Morgan fingerprint density at radius 1 is 1.40 bits per heavy atom. The fourth-order valence-corrected chi connectivity index (χ4v) is 2.88. The molecule has 2 unspecified atom stereocenters. The highest BCUT2D eigenvalue weighted by Gasteiger charge is 2.22. The molecule has 0 radical (unpaired) electrons. The second-order valence-electron chi connectivity index (χ2n) is 5.77. The van der Waals surface area contributed by atoms with Crippen LogP contribution >= 0.6 is 0 Å². The summed E-state index contributed by atoms with van der Waals surface area (Å²) in [5, 5.41) is 2.45. The van der Waals surface area contributed by atoms with Gasteiger partial charge in [-0.2, -0.15) is 0 Å². The first-order valence-electron chi connectivity index (χ1n) is 7.04. The zero-order chi connectivity index (χ0) is 14.7. The molecule has 2 atom stereocenters. The molecule has 0 spiro atoms. The Bertz CT molecular complexity index is 482. The van der Waals surface area contributed by atoms with E-state index in [-0.39, 0.29) is 12.2 Å². The van der Waals surface area contributed by atoms with E-state index >= 15 is 0 Å². The average molecular weight is 279 g/mol. The maximum atomic E-state index is 14.0. The molecule has 0 aromatic heterocycles. The lowest BCUT2D eigenvalue weighted by Gasteiger charge is -2.36. The van der Waals surface area contributed by atoms with Crippen molar-refractivity contribution in [2.24, 2.45) is 17.6 Å². The van der Waals surface area contributed by atoms with Crippen LogP contribution in [0.3, 0.4) is 0 Å². The Morgan fingerprint density at radius 3 is 2.60 bits per heavy atom. The van der Waals surface area contributed by atoms with Gasteiger partial charge in [-0.05, 0) is 36.5 Å². The third-order valence-electron chi connectivity index (χ3n) is 3.65. The lowest BCUT2D eigenvalue weighted by molar-refractivity contribution is -0.114. The Balaban J connectivity index is 2.14. The summed E-state index contributed by atoms with van der Waals surface area (Å²) in [6.07, 6.45) is 1.21. The molecule has 4 nitrogen and oxygen atoms in total. The molecule has 1 amide bonds. The third-order valence-corrected chi connectivity index (χ3v) is 3.65. The number of nitrogens with one attached hydrogen (secondary N) is 1. The van der Waals surface area contributed by atoms with Crippen LogP contribution in [-0.2, 0) is 4.79 Å². The van der Waals surface area contributed by atoms with Gasteiger partial charge < -0.3 is 16.0 Å². The van der Waals surface area contributed by atoms with E-state index in [2.05, 4.69) is 24.1 Å². The van der Waals surface area contributed by atoms with E-state index in [4.69, 9.17) is 5.73 Å². The molecular formula is C15H22FN3O. The summed E-state index contributed by atoms with van der Waals surface area (Å²) in [4.78, 5) is 13.4. The van der Waals surface area contributed by atoms with Gasteiger partial charge in [0.25, 0.3) is 0 Å². The fraction of sp³-hybridized carbons (Fsp3) is 0.533. The molecule has 0 aliphatic carbocycles. The SMILES string of the molecule is CC1CC(C)CN(c2ccc(NC(=O)CN)c(F)c2)C1. The minimum Gasteiger partial charge on any atom is -0.371 e. The zero-order valence-corrected chi connectivity index (χ0v) is 12.0. The van der Waals surface area contributed by atoms with E-state index in [1.165, 1.54) is 12.5 Å². The number of carbonyl (C=O) groups excluding carboxylic acids is 1. The summed E-state index contributed by atoms with van der Waals surface area (Å²) in [6.45, 7) is 6.17. The van der Waals surface area contributed by atoms with Crippen molar-refractivity contribution < 1.29 is 9.18 Å². The highest BCUT2D eigenvalue weighted by atomic mass is 19.1. The number of benzene rings is 1. The number of amides is 1. The third kappa shape index (κ3) is 3.48. The first kappa shape index (κ1) is 14.8. The van der Waals surface area contributed by atoms with Crippen LogP contribution in [0.1, 0.15) is 20.3 Å². The second kappa shape index (κ2) is 6.22. The van der Waals surface area contributed by atoms with Gasteiger partial charge in [-0.3, -0.25) is 4.79 Å². The number of piperidine rings is 1. The maximum absolute atomic E-state index is 14.0. The molecular weight excluding hydrogens is 257 g/mol. The number of nitrogens with two attached hydrogens (primary N) is 1. The van der Waals surface area contributed by atoms with Gasteiger partial charge in [0.2, 0.25) is 5.91 Å². The number of nitrogens with zero attached hydrogens (tertiary/aromatic N) is 1. The van der Waals surface area contributed by atoms with Gasteiger partial charge in [0.05, 0.1) is 12.2 Å². The van der Waals surface area contributed by atoms with Crippen LogP contribution in [0, 0.1) is 17.7 Å². The molecule has 110 valence electrons. The highest BCUT2D eigenvalue weighted by Crippen LogP contribution is 2.28. The zero-order valence-electron chi connectivity index (χ0n) is 12.0. The molecule has 2 rings (SSSR count). The van der Waals surface area contributed by atoms with Crippen LogP contribution < -0.4 is 16.0 Å². The Kier molecular flexibility index (Phi) is 4.60. The smallest absolute Gasteiger partial charge is 0.238 e. The molecule has 1 aliphatic heterocycles. The van der Waals surface area contributed by atoms with Crippen LogP contribution in [0.15, 0.2) is 18.2 Å². The fourth-order valence-electron chi connectivity index (χ4n) is 2.88. The minimum atomic E-state index is -0.421. The number of anilines is 2. The molecule has 1 heterocycles. The van der Waals surface area contributed by atoms with Crippen LogP contribution in [0.2, 0.25) is 0 Å². The Hall–Kier alpha value is -1.62. The molecule has 20 heavy (non-hydrogen) atoms. The average Bonchev–Trinajstić information content (AvgIpc) is 2.39. The van der Waals surface area contributed by atoms with Crippen LogP contribution in [0.25, 0.3) is 0 Å². The number of rotatable bonds is 3. The van der Waals surface area contributed by atoms with Crippen molar-refractivity contribution in [1.29, 1.82) is 0 Å². The van der Waals surface area contributed by atoms with Crippen molar-refractivity contribution in [3.8, 4) is 0 Å². The molecule has 1 aromatic carbocycles. The highest BCUT2D eigenvalue weighted by molar-refractivity contribution is 5.92. The normalized spacial score (nSPS) is 22.7. The van der Waals surface area contributed by atoms with E-state index in [1.54, 1.807) is 6.07 Å². The molecule has 0 saturated carbocycles. The number of hydrogen-bond donors (Lipinski definition) is 2. The van der Waals surface area contributed by atoms with Crippen molar-refractivity contribution in [1.82, 2.24) is 0 Å². The van der Waals surface area contributed by atoms with Gasteiger partial charge in [-0.1, -0.05) is 13.8 Å². The van der Waals surface area contributed by atoms with E-state index in [9.17, 15) is 9.18 Å². The Labute approximate surface area is 119 Å². The maximum Gasteiger partial charge on any atom is 0.238 e. The Morgan fingerprint density at radius 2 is 2.05 bits per heavy atom. The van der Waals surface area contributed by atoms with Gasteiger partial charge in [-0.25, -0.2) is 4.39 Å². The van der Waals surface area contributed by atoms with Crippen molar-refractivity contribution in [3.63, 3.8) is 0 Å². The largest absolute Gasteiger partial charge is 0.371 e. The molecule has 5 heteroatoms. The molecule has 3 N–H and O–H groups in total. The molecule has 1 fully saturated rings. The van der Waals surface area contributed by atoms with Gasteiger partial charge in [0.15, 0.2) is 0 Å². The lowest BCUT2D eigenvalue weighted by Crippen LogP contribution is -2.38. The van der Waals surface area contributed by atoms with Crippen LogP contribution in [-0.4, -0.2) is 25.5 Å². The van der Waals surface area contributed by atoms with E-state index in [1.807, 2.05) is 6.07 Å². The summed E-state index contributed by atoms with van der Waals surface area (Å²) >= 11 is 0. The first-order valence-corrected chi connectivity index (χ1v) is 7.04. The number of carbonyl (C=O) groups is 1. The summed E-state index contributed by atoms with van der Waals surface area (Å²) in [5.41, 5.74) is 6.25.